The SMILES string of the molecule is CCOc1ccc(C(c2cccc(C(F)(F)F)c2)N2CCCCC2C(=O)O)cc1OC. The Morgan fingerprint density at radius 1 is 1.16 bits per heavy atom. The molecule has 5 nitrogen and oxygen atoms in total. The van der Waals surface area contributed by atoms with Crippen molar-refractivity contribution in [2.75, 3.05) is 20.3 Å². The van der Waals surface area contributed by atoms with Crippen LogP contribution in [0.15, 0.2) is 42.5 Å². The Morgan fingerprint density at radius 3 is 2.55 bits per heavy atom. The van der Waals surface area contributed by atoms with Gasteiger partial charge in [0, 0.05) is 0 Å². The van der Waals surface area contributed by atoms with Crippen LogP contribution in [0.1, 0.15) is 48.9 Å². The number of carboxylic acids is 1. The molecule has 8 heteroatoms. The lowest BCUT2D eigenvalue weighted by molar-refractivity contribution is -0.145. The minimum absolute atomic E-state index is 0.384. The second-order valence-electron chi connectivity index (χ2n) is 7.46. The maximum absolute atomic E-state index is 13.4. The molecule has 2 aromatic carbocycles. The van der Waals surface area contributed by atoms with Crippen molar-refractivity contribution in [3.8, 4) is 11.5 Å². The third-order valence-electron chi connectivity index (χ3n) is 5.49. The van der Waals surface area contributed by atoms with Crippen molar-refractivity contribution in [3.63, 3.8) is 0 Å². The molecule has 0 saturated carbocycles. The third-order valence-corrected chi connectivity index (χ3v) is 5.49. The first-order valence-corrected chi connectivity index (χ1v) is 10.2. The average molecular weight is 437 g/mol. The number of carboxylic acid groups (broad SMARTS) is 1. The summed E-state index contributed by atoms with van der Waals surface area (Å²) in [5, 5.41) is 9.78. The van der Waals surface area contributed by atoms with Crippen molar-refractivity contribution >= 4 is 5.97 Å². The summed E-state index contributed by atoms with van der Waals surface area (Å²) in [7, 11) is 1.49. The topological polar surface area (TPSA) is 59.0 Å². The van der Waals surface area contributed by atoms with E-state index < -0.39 is 29.8 Å². The number of hydrogen-bond acceptors (Lipinski definition) is 4. The van der Waals surface area contributed by atoms with Gasteiger partial charge in [-0.25, -0.2) is 0 Å². The fraction of sp³-hybridized carbons (Fsp3) is 0.435. The van der Waals surface area contributed by atoms with Crippen molar-refractivity contribution in [2.45, 2.75) is 44.4 Å². The van der Waals surface area contributed by atoms with Gasteiger partial charge in [0.1, 0.15) is 6.04 Å². The number of carbonyl (C=O) groups is 1. The molecule has 0 aromatic heterocycles. The molecule has 1 fully saturated rings. The average Bonchev–Trinajstić information content (AvgIpc) is 2.75. The van der Waals surface area contributed by atoms with Crippen molar-refractivity contribution in [1.82, 2.24) is 4.90 Å². The number of methoxy groups -OCH3 is 1. The predicted molar refractivity (Wildman–Crippen MR) is 109 cm³/mol. The van der Waals surface area contributed by atoms with Crippen LogP contribution in [0, 0.1) is 0 Å². The van der Waals surface area contributed by atoms with Crippen LogP contribution in [0.3, 0.4) is 0 Å². The van der Waals surface area contributed by atoms with E-state index in [1.54, 1.807) is 29.2 Å². The lowest BCUT2D eigenvalue weighted by Crippen LogP contribution is -2.46. The van der Waals surface area contributed by atoms with Gasteiger partial charge in [0.25, 0.3) is 0 Å². The number of likely N-dealkylation sites (tertiary alicyclic amines) is 1. The fourth-order valence-corrected chi connectivity index (χ4v) is 4.12. The van der Waals surface area contributed by atoms with Gasteiger partial charge in [0.05, 0.1) is 25.3 Å². The molecule has 0 bridgehead atoms. The smallest absolute Gasteiger partial charge is 0.416 e. The summed E-state index contributed by atoms with van der Waals surface area (Å²) >= 11 is 0. The highest BCUT2D eigenvalue weighted by molar-refractivity contribution is 5.73. The third kappa shape index (κ3) is 5.12. The van der Waals surface area contributed by atoms with Crippen molar-refractivity contribution in [1.29, 1.82) is 0 Å². The van der Waals surface area contributed by atoms with E-state index >= 15 is 0 Å². The number of alkyl halides is 3. The van der Waals surface area contributed by atoms with Gasteiger partial charge in [-0.3, -0.25) is 9.69 Å². The molecule has 31 heavy (non-hydrogen) atoms. The van der Waals surface area contributed by atoms with Gasteiger partial charge >= 0.3 is 12.1 Å². The Bertz CT molecular complexity index is 916. The molecule has 3 rings (SSSR count). The van der Waals surface area contributed by atoms with Gasteiger partial charge in [-0.05, 0) is 61.7 Å². The monoisotopic (exact) mass is 437 g/mol. The Kier molecular flexibility index (Phi) is 7.10. The number of nitrogens with zero attached hydrogens (tertiary/aromatic N) is 1. The number of ether oxygens (including phenoxy) is 2. The molecule has 1 heterocycles. The molecule has 168 valence electrons. The predicted octanol–water partition coefficient (Wildman–Crippen LogP) is 5.14. The molecule has 0 amide bonds. The van der Waals surface area contributed by atoms with Crippen LogP contribution in [-0.4, -0.2) is 42.3 Å². The van der Waals surface area contributed by atoms with Crippen LogP contribution in [0.5, 0.6) is 11.5 Å². The Hall–Kier alpha value is -2.74. The summed E-state index contributed by atoms with van der Waals surface area (Å²) in [4.78, 5) is 13.7. The zero-order valence-corrected chi connectivity index (χ0v) is 17.5. The molecule has 1 saturated heterocycles. The summed E-state index contributed by atoms with van der Waals surface area (Å²) in [5.74, 6) is -0.0141. The van der Waals surface area contributed by atoms with Gasteiger partial charge in [0.2, 0.25) is 0 Å². The standard InChI is InChI=1S/C23H26F3NO4/c1-3-31-19-11-10-16(14-20(19)30-2)21(27-12-5-4-9-18(27)22(28)29)15-7-6-8-17(13-15)23(24,25)26/h6-8,10-11,13-14,18,21H,3-5,9,12H2,1-2H3,(H,28,29). The molecule has 0 aliphatic carbocycles. The molecule has 2 unspecified atom stereocenters. The number of aliphatic carboxylic acids is 1. The Labute approximate surface area is 179 Å². The lowest BCUT2D eigenvalue weighted by Gasteiger charge is -2.40. The molecule has 1 aliphatic heterocycles. The van der Waals surface area contributed by atoms with Crippen LogP contribution in [0.4, 0.5) is 13.2 Å². The maximum atomic E-state index is 13.4. The normalized spacial score (nSPS) is 18.4. The quantitative estimate of drug-likeness (QED) is 0.650. The molecular weight excluding hydrogens is 411 g/mol. The fourth-order valence-electron chi connectivity index (χ4n) is 4.12. The minimum atomic E-state index is -4.49. The first kappa shape index (κ1) is 22.9. The van der Waals surface area contributed by atoms with Gasteiger partial charge in [-0.1, -0.05) is 24.6 Å². The number of benzene rings is 2. The van der Waals surface area contributed by atoms with E-state index in [2.05, 4.69) is 0 Å². The summed E-state index contributed by atoms with van der Waals surface area (Å²) in [5.41, 5.74) is 0.263. The lowest BCUT2D eigenvalue weighted by atomic mass is 9.90. The molecular formula is C23H26F3NO4. The van der Waals surface area contributed by atoms with Gasteiger partial charge in [-0.15, -0.1) is 0 Å². The molecule has 2 aromatic rings. The summed E-state index contributed by atoms with van der Waals surface area (Å²) in [6, 6.07) is 8.80. The van der Waals surface area contributed by atoms with E-state index in [4.69, 9.17) is 9.47 Å². The number of piperidine rings is 1. The van der Waals surface area contributed by atoms with Crippen LogP contribution in [0.2, 0.25) is 0 Å². The van der Waals surface area contributed by atoms with E-state index in [1.165, 1.54) is 13.2 Å². The second kappa shape index (κ2) is 9.60. The van der Waals surface area contributed by atoms with Crippen molar-refractivity contribution < 1.29 is 32.5 Å². The van der Waals surface area contributed by atoms with E-state index in [9.17, 15) is 23.1 Å². The summed E-state index contributed by atoms with van der Waals surface area (Å²) < 4.78 is 51.2. The highest BCUT2D eigenvalue weighted by atomic mass is 19.4. The van der Waals surface area contributed by atoms with E-state index in [0.29, 0.717) is 42.2 Å². The van der Waals surface area contributed by atoms with Gasteiger partial charge < -0.3 is 14.6 Å². The van der Waals surface area contributed by atoms with Crippen LogP contribution < -0.4 is 9.47 Å². The minimum Gasteiger partial charge on any atom is -0.493 e. The van der Waals surface area contributed by atoms with E-state index in [-0.39, 0.29) is 0 Å². The highest BCUT2D eigenvalue weighted by Gasteiger charge is 2.37. The van der Waals surface area contributed by atoms with Gasteiger partial charge in [-0.2, -0.15) is 13.2 Å². The number of rotatable bonds is 7. The van der Waals surface area contributed by atoms with E-state index in [0.717, 1.165) is 25.0 Å². The molecule has 2 atom stereocenters. The summed E-state index contributed by atoms with van der Waals surface area (Å²) in [6.45, 7) is 2.73. The zero-order valence-electron chi connectivity index (χ0n) is 17.5. The molecule has 0 spiro atoms. The van der Waals surface area contributed by atoms with E-state index in [1.807, 2.05) is 6.92 Å². The first-order chi connectivity index (χ1) is 14.8. The number of hydrogen-bond donors (Lipinski definition) is 1. The largest absolute Gasteiger partial charge is 0.493 e. The van der Waals surface area contributed by atoms with Crippen molar-refractivity contribution in [2.24, 2.45) is 0 Å². The van der Waals surface area contributed by atoms with Crippen molar-refractivity contribution in [3.05, 3.63) is 59.2 Å². The molecule has 1 N–H and O–H groups in total. The summed E-state index contributed by atoms with van der Waals surface area (Å²) in [6.07, 6.45) is -2.52. The zero-order chi connectivity index (χ0) is 22.6. The van der Waals surface area contributed by atoms with Crippen LogP contribution in [0.25, 0.3) is 0 Å². The highest BCUT2D eigenvalue weighted by Crippen LogP contribution is 2.40. The second-order valence-corrected chi connectivity index (χ2v) is 7.46. The Morgan fingerprint density at radius 2 is 1.90 bits per heavy atom. The maximum Gasteiger partial charge on any atom is 0.416 e. The van der Waals surface area contributed by atoms with Crippen LogP contribution >= 0.6 is 0 Å². The first-order valence-electron chi connectivity index (χ1n) is 10.2. The number of halogens is 3. The van der Waals surface area contributed by atoms with Crippen LogP contribution in [-0.2, 0) is 11.0 Å². The molecule has 0 radical (unpaired) electrons. The molecule has 1 aliphatic rings. The van der Waals surface area contributed by atoms with Gasteiger partial charge in [0.15, 0.2) is 11.5 Å². The Balaban J connectivity index is 2.14.